The maximum Gasteiger partial charge on any atom is 0.526 e. The molecule has 0 aliphatic heterocycles. The lowest BCUT2D eigenvalue weighted by atomic mass is 9.88. The van der Waals surface area contributed by atoms with Gasteiger partial charge in [-0.3, -0.25) is 0 Å². The molecule has 0 fully saturated rings. The summed E-state index contributed by atoms with van der Waals surface area (Å²) in [6, 6.07) is 3.27. The van der Waals surface area contributed by atoms with Crippen molar-refractivity contribution < 1.29 is 14.5 Å². The van der Waals surface area contributed by atoms with Crippen molar-refractivity contribution in [2.45, 2.75) is 13.5 Å². The normalized spacial score (nSPS) is 10.2. The molecule has 1 heterocycles. The molecule has 66 valence electrons. The Balaban J connectivity index is 2.52. The number of hydrogen-bond acceptors (Lipinski definition) is 4. The molecule has 0 unspecified atom stereocenters. The van der Waals surface area contributed by atoms with Crippen LogP contribution in [0.4, 0.5) is 0 Å². The van der Waals surface area contributed by atoms with Crippen LogP contribution < -0.4 is 11.0 Å². The van der Waals surface area contributed by atoms with E-state index in [1.807, 2.05) is 6.92 Å². The molecular weight excluding hydrogens is 157 g/mol. The largest absolute Gasteiger partial charge is 0.526 e. The van der Waals surface area contributed by atoms with Crippen LogP contribution in [-0.2, 0) is 6.54 Å². The quantitative estimate of drug-likeness (QED) is 0.509. The Labute approximate surface area is 71.4 Å². The second kappa shape index (κ2) is 4.30. The van der Waals surface area contributed by atoms with E-state index in [2.05, 4.69) is 5.32 Å². The van der Waals surface area contributed by atoms with Gasteiger partial charge in [0, 0.05) is 0 Å². The first-order valence-electron chi connectivity index (χ1n) is 3.89. The fourth-order valence-electron chi connectivity index (χ4n) is 0.876. The predicted octanol–water partition coefficient (Wildman–Crippen LogP) is -0.931. The molecule has 1 aromatic rings. The summed E-state index contributed by atoms with van der Waals surface area (Å²) in [6.45, 7) is 3.46. The van der Waals surface area contributed by atoms with Crippen LogP contribution in [-0.4, -0.2) is 23.7 Å². The molecule has 0 spiro atoms. The summed E-state index contributed by atoms with van der Waals surface area (Å²) < 4.78 is 5.08. The third-order valence-electron chi connectivity index (χ3n) is 1.49. The first-order chi connectivity index (χ1) is 5.74. The van der Waals surface area contributed by atoms with Crippen molar-refractivity contribution in [2.75, 3.05) is 6.54 Å². The van der Waals surface area contributed by atoms with Gasteiger partial charge in [0.2, 0.25) is 0 Å². The van der Waals surface area contributed by atoms with E-state index >= 15 is 0 Å². The molecule has 0 aromatic carbocycles. The lowest BCUT2D eigenvalue weighted by molar-refractivity contribution is 0.403. The molecule has 1 rings (SSSR count). The van der Waals surface area contributed by atoms with Gasteiger partial charge in [0.25, 0.3) is 0 Å². The summed E-state index contributed by atoms with van der Waals surface area (Å²) in [5.74, 6) is 0.708. The number of hydrogen-bond donors (Lipinski definition) is 3. The van der Waals surface area contributed by atoms with Crippen LogP contribution in [0.2, 0.25) is 0 Å². The summed E-state index contributed by atoms with van der Waals surface area (Å²) in [7, 11) is -1.51. The third kappa shape index (κ3) is 2.37. The van der Waals surface area contributed by atoms with Gasteiger partial charge in [-0.1, -0.05) is 6.92 Å². The molecule has 0 amide bonds. The molecule has 4 nitrogen and oxygen atoms in total. The zero-order valence-corrected chi connectivity index (χ0v) is 6.95. The summed E-state index contributed by atoms with van der Waals surface area (Å²) in [6.07, 6.45) is 0. The Hall–Kier alpha value is -0.775. The van der Waals surface area contributed by atoms with Crippen molar-refractivity contribution in [2.24, 2.45) is 0 Å². The van der Waals surface area contributed by atoms with Gasteiger partial charge in [-0.2, -0.15) is 0 Å². The Morgan fingerprint density at radius 1 is 1.50 bits per heavy atom. The van der Waals surface area contributed by atoms with E-state index in [0.29, 0.717) is 12.3 Å². The van der Waals surface area contributed by atoms with E-state index < -0.39 is 7.12 Å². The van der Waals surface area contributed by atoms with Crippen LogP contribution in [0.15, 0.2) is 16.5 Å². The SMILES string of the molecule is CCNCc1ccc(B(O)O)o1. The molecule has 3 N–H and O–H groups in total. The fourth-order valence-corrected chi connectivity index (χ4v) is 0.876. The Morgan fingerprint density at radius 3 is 2.75 bits per heavy atom. The number of furan rings is 1. The molecule has 0 aliphatic rings. The molecule has 0 saturated heterocycles. The second-order valence-corrected chi connectivity index (χ2v) is 2.46. The maximum absolute atomic E-state index is 8.70. The molecule has 5 heteroatoms. The lowest BCUT2D eigenvalue weighted by Crippen LogP contribution is -2.28. The predicted molar refractivity (Wildman–Crippen MR) is 45.9 cm³/mol. The average Bonchev–Trinajstić information content (AvgIpc) is 2.48. The van der Waals surface area contributed by atoms with Gasteiger partial charge in [-0.15, -0.1) is 0 Å². The van der Waals surface area contributed by atoms with Crippen molar-refractivity contribution in [3.05, 3.63) is 17.9 Å². The van der Waals surface area contributed by atoms with Crippen LogP contribution in [0, 0.1) is 0 Å². The first kappa shape index (κ1) is 9.31. The van der Waals surface area contributed by atoms with E-state index in [-0.39, 0.29) is 5.66 Å². The Morgan fingerprint density at radius 2 is 2.25 bits per heavy atom. The summed E-state index contributed by atoms with van der Waals surface area (Å²) in [4.78, 5) is 0. The Kier molecular flexibility index (Phi) is 3.34. The van der Waals surface area contributed by atoms with Crippen molar-refractivity contribution >= 4 is 12.8 Å². The summed E-state index contributed by atoms with van der Waals surface area (Å²) in [5.41, 5.74) is 0.183. The number of nitrogens with one attached hydrogen (secondary N) is 1. The smallest absolute Gasteiger partial charge is 0.468 e. The highest BCUT2D eigenvalue weighted by Gasteiger charge is 2.15. The highest BCUT2D eigenvalue weighted by atomic mass is 16.4. The van der Waals surface area contributed by atoms with E-state index in [1.165, 1.54) is 0 Å². The van der Waals surface area contributed by atoms with Gasteiger partial charge in [-0.05, 0) is 18.7 Å². The van der Waals surface area contributed by atoms with Crippen LogP contribution in [0.3, 0.4) is 0 Å². The van der Waals surface area contributed by atoms with Crippen LogP contribution >= 0.6 is 0 Å². The monoisotopic (exact) mass is 169 g/mol. The fraction of sp³-hybridized carbons (Fsp3) is 0.429. The van der Waals surface area contributed by atoms with E-state index in [9.17, 15) is 0 Å². The first-order valence-corrected chi connectivity index (χ1v) is 3.89. The minimum atomic E-state index is -1.51. The molecule has 0 atom stereocenters. The van der Waals surface area contributed by atoms with Crippen LogP contribution in [0.5, 0.6) is 0 Å². The maximum atomic E-state index is 8.70. The van der Waals surface area contributed by atoms with Crippen molar-refractivity contribution in [1.82, 2.24) is 5.32 Å². The zero-order chi connectivity index (χ0) is 8.97. The standard InChI is InChI=1S/C7H12BNO3/c1-2-9-5-6-3-4-7(12-6)8(10)11/h3-4,9-11H,2,5H2,1H3. The second-order valence-electron chi connectivity index (χ2n) is 2.46. The third-order valence-corrected chi connectivity index (χ3v) is 1.49. The molecule has 0 bridgehead atoms. The van der Waals surface area contributed by atoms with Gasteiger partial charge in [0.1, 0.15) is 11.4 Å². The van der Waals surface area contributed by atoms with Crippen LogP contribution in [0.1, 0.15) is 12.7 Å². The summed E-state index contributed by atoms with van der Waals surface area (Å²) in [5, 5.41) is 20.5. The molecule has 1 aromatic heterocycles. The molecule has 0 radical (unpaired) electrons. The zero-order valence-electron chi connectivity index (χ0n) is 6.95. The van der Waals surface area contributed by atoms with Crippen LogP contribution in [0.25, 0.3) is 0 Å². The van der Waals surface area contributed by atoms with Gasteiger partial charge in [0.05, 0.1) is 6.54 Å². The summed E-state index contributed by atoms with van der Waals surface area (Å²) >= 11 is 0. The lowest BCUT2D eigenvalue weighted by Gasteiger charge is -1.96. The Bertz CT molecular complexity index is 236. The van der Waals surface area contributed by atoms with Gasteiger partial charge < -0.3 is 19.8 Å². The number of rotatable bonds is 4. The highest BCUT2D eigenvalue weighted by Crippen LogP contribution is 1.97. The minimum Gasteiger partial charge on any atom is -0.468 e. The van der Waals surface area contributed by atoms with E-state index in [4.69, 9.17) is 14.5 Å². The van der Waals surface area contributed by atoms with Crippen molar-refractivity contribution in [1.29, 1.82) is 0 Å². The minimum absolute atomic E-state index is 0.183. The highest BCUT2D eigenvalue weighted by molar-refractivity contribution is 6.56. The topological polar surface area (TPSA) is 65.6 Å². The average molecular weight is 169 g/mol. The van der Waals surface area contributed by atoms with Gasteiger partial charge in [0.15, 0.2) is 0 Å². The van der Waals surface area contributed by atoms with E-state index in [1.54, 1.807) is 12.1 Å². The molecule has 12 heavy (non-hydrogen) atoms. The van der Waals surface area contributed by atoms with Crippen molar-refractivity contribution in [3.8, 4) is 0 Å². The van der Waals surface area contributed by atoms with Crippen molar-refractivity contribution in [3.63, 3.8) is 0 Å². The van der Waals surface area contributed by atoms with Gasteiger partial charge >= 0.3 is 7.12 Å². The molecule has 0 aliphatic carbocycles. The molecular formula is C7H12BNO3. The molecule has 0 saturated carbocycles. The van der Waals surface area contributed by atoms with Gasteiger partial charge in [-0.25, -0.2) is 0 Å². The van der Waals surface area contributed by atoms with E-state index in [0.717, 1.165) is 6.54 Å².